The number of hydrogen-bond acceptors (Lipinski definition) is 3. The van der Waals surface area contributed by atoms with Crippen LogP contribution in [0.5, 0.6) is 0 Å². The number of carbonyl (C=O) groups excluding carboxylic acids is 2. The second kappa shape index (κ2) is 9.44. The number of aromatic nitrogens is 2. The highest BCUT2D eigenvalue weighted by atomic mass is 35.5. The van der Waals surface area contributed by atoms with Gasteiger partial charge in [-0.1, -0.05) is 17.7 Å². The van der Waals surface area contributed by atoms with Gasteiger partial charge < -0.3 is 19.7 Å². The van der Waals surface area contributed by atoms with E-state index >= 15 is 0 Å². The molecule has 0 bridgehead atoms. The fraction of sp³-hybridized carbons (Fsp3) is 0.292. The third-order valence-corrected chi connectivity index (χ3v) is 5.95. The standard InChI is InChI=1S/C24H26ClN5O2/c1-17-14-22(18(2)30(17)21-8-4-9-26-16-21)23(31)28-10-5-11-29(13-12-28)24(32)27-20-7-3-6-19(25)15-20/h3-4,6-9,14-16H,5,10-13H2,1-2H3,(H,27,32). The lowest BCUT2D eigenvalue weighted by Crippen LogP contribution is -2.39. The molecule has 0 aliphatic carbocycles. The summed E-state index contributed by atoms with van der Waals surface area (Å²) in [7, 11) is 0. The highest BCUT2D eigenvalue weighted by molar-refractivity contribution is 6.30. The van der Waals surface area contributed by atoms with Gasteiger partial charge in [0.25, 0.3) is 5.91 Å². The number of urea groups is 1. The van der Waals surface area contributed by atoms with Crippen LogP contribution in [0.3, 0.4) is 0 Å². The SMILES string of the molecule is Cc1cc(C(=O)N2CCCN(C(=O)Nc3cccc(Cl)c3)CC2)c(C)n1-c1cccnc1. The molecule has 0 unspecified atom stereocenters. The lowest BCUT2D eigenvalue weighted by atomic mass is 10.2. The van der Waals surface area contributed by atoms with E-state index in [4.69, 9.17) is 11.6 Å². The molecule has 2 aromatic heterocycles. The summed E-state index contributed by atoms with van der Waals surface area (Å²) >= 11 is 6.00. The number of rotatable bonds is 3. The fourth-order valence-corrected chi connectivity index (χ4v) is 4.32. The molecule has 32 heavy (non-hydrogen) atoms. The van der Waals surface area contributed by atoms with E-state index in [1.165, 1.54) is 0 Å². The molecule has 0 spiro atoms. The van der Waals surface area contributed by atoms with E-state index in [2.05, 4.69) is 10.3 Å². The number of nitrogens with zero attached hydrogens (tertiary/aromatic N) is 4. The molecule has 1 aliphatic rings. The first-order valence-electron chi connectivity index (χ1n) is 10.6. The zero-order valence-corrected chi connectivity index (χ0v) is 19.0. The summed E-state index contributed by atoms with van der Waals surface area (Å²) in [4.78, 5) is 33.8. The summed E-state index contributed by atoms with van der Waals surface area (Å²) in [6.45, 7) is 6.09. The normalized spacial score (nSPS) is 14.2. The maximum atomic E-state index is 13.3. The molecular weight excluding hydrogens is 426 g/mol. The van der Waals surface area contributed by atoms with E-state index in [1.807, 2.05) is 41.5 Å². The van der Waals surface area contributed by atoms with Crippen molar-refractivity contribution in [3.8, 4) is 5.69 Å². The largest absolute Gasteiger partial charge is 0.337 e. The number of nitrogens with one attached hydrogen (secondary N) is 1. The molecule has 3 aromatic rings. The van der Waals surface area contributed by atoms with Crippen molar-refractivity contribution in [1.29, 1.82) is 0 Å². The number of benzene rings is 1. The van der Waals surface area contributed by atoms with Crippen LogP contribution >= 0.6 is 11.6 Å². The Morgan fingerprint density at radius 2 is 1.78 bits per heavy atom. The van der Waals surface area contributed by atoms with E-state index in [9.17, 15) is 9.59 Å². The lowest BCUT2D eigenvalue weighted by Gasteiger charge is -2.22. The number of aryl methyl sites for hydroxylation is 1. The fourth-order valence-electron chi connectivity index (χ4n) is 4.13. The predicted octanol–water partition coefficient (Wildman–Crippen LogP) is 4.52. The van der Waals surface area contributed by atoms with Gasteiger partial charge in [-0.2, -0.15) is 0 Å². The Balaban J connectivity index is 1.45. The Morgan fingerprint density at radius 3 is 2.53 bits per heavy atom. The van der Waals surface area contributed by atoms with Crippen LogP contribution in [0.25, 0.3) is 5.69 Å². The third kappa shape index (κ3) is 4.62. The first-order valence-corrected chi connectivity index (χ1v) is 11.0. The predicted molar refractivity (Wildman–Crippen MR) is 126 cm³/mol. The number of hydrogen-bond donors (Lipinski definition) is 1. The molecule has 166 valence electrons. The zero-order chi connectivity index (χ0) is 22.7. The van der Waals surface area contributed by atoms with Crippen LogP contribution < -0.4 is 5.32 Å². The zero-order valence-electron chi connectivity index (χ0n) is 18.2. The molecule has 3 amide bonds. The van der Waals surface area contributed by atoms with E-state index in [1.54, 1.807) is 41.6 Å². The summed E-state index contributed by atoms with van der Waals surface area (Å²) in [5.74, 6) is -0.00894. The molecular formula is C24H26ClN5O2. The van der Waals surface area contributed by atoms with E-state index in [-0.39, 0.29) is 11.9 Å². The number of anilines is 1. The third-order valence-electron chi connectivity index (χ3n) is 5.71. The van der Waals surface area contributed by atoms with Crippen molar-refractivity contribution in [2.24, 2.45) is 0 Å². The van der Waals surface area contributed by atoms with Crippen molar-refractivity contribution in [2.75, 3.05) is 31.5 Å². The Bertz CT molecular complexity index is 1130. The van der Waals surface area contributed by atoms with Crippen LogP contribution in [0.2, 0.25) is 5.02 Å². The molecule has 3 heterocycles. The van der Waals surface area contributed by atoms with Gasteiger partial charge in [0.05, 0.1) is 17.4 Å². The Labute approximate surface area is 192 Å². The average molecular weight is 452 g/mol. The van der Waals surface area contributed by atoms with Gasteiger partial charge in [-0.3, -0.25) is 9.78 Å². The van der Waals surface area contributed by atoms with Crippen LogP contribution in [0.1, 0.15) is 28.2 Å². The van der Waals surface area contributed by atoms with Crippen molar-refractivity contribution < 1.29 is 9.59 Å². The summed E-state index contributed by atoms with van der Waals surface area (Å²) < 4.78 is 2.04. The van der Waals surface area contributed by atoms with Crippen molar-refractivity contribution in [1.82, 2.24) is 19.4 Å². The quantitative estimate of drug-likeness (QED) is 0.636. The van der Waals surface area contributed by atoms with Crippen molar-refractivity contribution in [3.05, 3.63) is 76.8 Å². The maximum absolute atomic E-state index is 13.3. The Kier molecular flexibility index (Phi) is 6.46. The summed E-state index contributed by atoms with van der Waals surface area (Å²) in [6, 6.07) is 12.7. The van der Waals surface area contributed by atoms with Gasteiger partial charge in [-0.05, 0) is 56.7 Å². The topological polar surface area (TPSA) is 70.5 Å². The summed E-state index contributed by atoms with van der Waals surface area (Å²) in [5.41, 5.74) is 4.14. The molecule has 1 N–H and O–H groups in total. The van der Waals surface area contributed by atoms with Crippen LogP contribution in [0.15, 0.2) is 54.9 Å². The van der Waals surface area contributed by atoms with Crippen LogP contribution in [0.4, 0.5) is 10.5 Å². The second-order valence-electron chi connectivity index (χ2n) is 7.90. The number of pyridine rings is 1. The van der Waals surface area contributed by atoms with Gasteiger partial charge in [0.1, 0.15) is 0 Å². The van der Waals surface area contributed by atoms with Crippen molar-refractivity contribution in [2.45, 2.75) is 20.3 Å². The highest BCUT2D eigenvalue weighted by Gasteiger charge is 2.25. The van der Waals surface area contributed by atoms with Gasteiger partial charge in [0.2, 0.25) is 0 Å². The van der Waals surface area contributed by atoms with Gasteiger partial charge in [0.15, 0.2) is 0 Å². The first kappa shape index (κ1) is 21.9. The molecule has 0 saturated carbocycles. The number of carbonyl (C=O) groups is 2. The molecule has 4 rings (SSSR count). The molecule has 0 atom stereocenters. The van der Waals surface area contributed by atoms with E-state index < -0.39 is 0 Å². The van der Waals surface area contributed by atoms with Gasteiger partial charge in [-0.15, -0.1) is 0 Å². The number of halogens is 1. The lowest BCUT2D eigenvalue weighted by molar-refractivity contribution is 0.0762. The Hall–Kier alpha value is -3.32. The first-order chi connectivity index (χ1) is 15.4. The summed E-state index contributed by atoms with van der Waals surface area (Å²) in [5, 5.41) is 3.45. The minimum Gasteiger partial charge on any atom is -0.337 e. The minimum absolute atomic E-state index is 0.00894. The monoisotopic (exact) mass is 451 g/mol. The average Bonchev–Trinajstić information content (AvgIpc) is 2.94. The van der Waals surface area contributed by atoms with E-state index in [0.717, 1.165) is 23.5 Å². The van der Waals surface area contributed by atoms with Crippen LogP contribution in [0, 0.1) is 13.8 Å². The molecule has 1 aromatic carbocycles. The maximum Gasteiger partial charge on any atom is 0.321 e. The highest BCUT2D eigenvalue weighted by Crippen LogP contribution is 2.22. The molecule has 1 fully saturated rings. The molecule has 1 saturated heterocycles. The molecule has 0 radical (unpaired) electrons. The minimum atomic E-state index is -0.184. The van der Waals surface area contributed by atoms with Crippen LogP contribution in [-0.2, 0) is 0 Å². The van der Waals surface area contributed by atoms with E-state index in [0.29, 0.717) is 42.5 Å². The Morgan fingerprint density at radius 1 is 1.00 bits per heavy atom. The second-order valence-corrected chi connectivity index (χ2v) is 8.34. The molecule has 1 aliphatic heterocycles. The smallest absolute Gasteiger partial charge is 0.321 e. The molecule has 7 nitrogen and oxygen atoms in total. The van der Waals surface area contributed by atoms with Gasteiger partial charge in [0, 0.05) is 54.5 Å². The van der Waals surface area contributed by atoms with Gasteiger partial charge >= 0.3 is 6.03 Å². The number of amides is 3. The molecule has 8 heteroatoms. The van der Waals surface area contributed by atoms with Crippen LogP contribution in [-0.4, -0.2) is 57.5 Å². The van der Waals surface area contributed by atoms with Crippen molar-refractivity contribution >= 4 is 29.2 Å². The van der Waals surface area contributed by atoms with Gasteiger partial charge in [-0.25, -0.2) is 4.79 Å². The summed E-state index contributed by atoms with van der Waals surface area (Å²) in [6.07, 6.45) is 4.24. The van der Waals surface area contributed by atoms with Crippen molar-refractivity contribution in [3.63, 3.8) is 0 Å².